The molecule has 0 unspecified atom stereocenters. The number of quaternary nitrogens is 1. The van der Waals surface area contributed by atoms with E-state index in [1.807, 2.05) is 0 Å². The van der Waals surface area contributed by atoms with Gasteiger partial charge in [-0.05, 0) is 35.8 Å². The molecule has 0 aromatic heterocycles. The minimum atomic E-state index is -2.80. The van der Waals surface area contributed by atoms with Crippen LogP contribution in [0.5, 0.6) is 0 Å². The largest absolute Gasteiger partial charge is 0.338 e. The maximum absolute atomic E-state index is 11.7. The average molecular weight is 383 g/mol. The fourth-order valence-electron chi connectivity index (χ4n) is 3.68. The van der Waals surface area contributed by atoms with Gasteiger partial charge < -0.3 is 15.1 Å². The van der Waals surface area contributed by atoms with Crippen molar-refractivity contribution in [3.8, 4) is 0 Å². The molecule has 7 heteroatoms. The number of nitrogens with zero attached hydrogens (tertiary/aromatic N) is 1. The first-order valence-corrected chi connectivity index (χ1v) is 11.3. The predicted molar refractivity (Wildman–Crippen MR) is 106 cm³/mol. The molecule has 1 atom stereocenters. The van der Waals surface area contributed by atoms with E-state index in [9.17, 15) is 8.42 Å². The lowest BCUT2D eigenvalue weighted by molar-refractivity contribution is -0.925. The Bertz CT molecular complexity index is 708. The zero-order valence-corrected chi connectivity index (χ0v) is 16.6. The van der Waals surface area contributed by atoms with Gasteiger partial charge in [0, 0.05) is 12.1 Å². The van der Waals surface area contributed by atoms with Crippen molar-refractivity contribution >= 4 is 32.9 Å². The van der Waals surface area contributed by atoms with E-state index in [1.54, 1.807) is 0 Å². The first kappa shape index (κ1) is 18.6. The Labute approximate surface area is 156 Å². The first-order chi connectivity index (χ1) is 11.8. The minimum absolute atomic E-state index is 0.275. The van der Waals surface area contributed by atoms with Crippen molar-refractivity contribution in [1.29, 1.82) is 0 Å². The number of sulfone groups is 1. The van der Waals surface area contributed by atoms with Gasteiger partial charge >= 0.3 is 0 Å². The van der Waals surface area contributed by atoms with Gasteiger partial charge in [0.2, 0.25) is 0 Å². The van der Waals surface area contributed by atoms with Crippen LogP contribution in [-0.2, 0) is 9.84 Å². The molecule has 0 bridgehead atoms. The molecule has 2 aliphatic rings. The van der Waals surface area contributed by atoms with Gasteiger partial charge in [0.1, 0.15) is 11.8 Å². The molecular formula is C18H28N3O2S2+. The van der Waals surface area contributed by atoms with E-state index >= 15 is 0 Å². The molecular weight excluding hydrogens is 354 g/mol. The second-order valence-corrected chi connectivity index (χ2v) is 10.1. The lowest BCUT2D eigenvalue weighted by Gasteiger charge is -2.36. The molecule has 5 nitrogen and oxygen atoms in total. The van der Waals surface area contributed by atoms with E-state index in [1.165, 1.54) is 10.5 Å². The summed E-state index contributed by atoms with van der Waals surface area (Å²) in [4.78, 5) is 3.61. The number of hydrogen-bond donors (Lipinski definition) is 2. The number of rotatable bonds is 3. The highest BCUT2D eigenvalue weighted by atomic mass is 32.2. The molecule has 0 saturated carbocycles. The van der Waals surface area contributed by atoms with Crippen LogP contribution in [-0.4, -0.2) is 62.2 Å². The second-order valence-electron chi connectivity index (χ2n) is 7.45. The third-order valence-corrected chi connectivity index (χ3v) is 7.46. The Balaban J connectivity index is 1.50. The van der Waals surface area contributed by atoms with Crippen molar-refractivity contribution in [2.24, 2.45) is 0 Å². The minimum Gasteiger partial charge on any atom is -0.338 e. The SMILES string of the molecule is CC(C)c1ccc(NC(=S)N2CC[NH+]([C@@H]3CCS(=O)(=O)C3)CC2)cc1. The van der Waals surface area contributed by atoms with E-state index in [4.69, 9.17) is 12.2 Å². The second kappa shape index (κ2) is 7.60. The molecule has 0 aliphatic carbocycles. The van der Waals surface area contributed by atoms with Gasteiger partial charge in [0.05, 0.1) is 31.9 Å². The number of nitrogens with one attached hydrogen (secondary N) is 2. The maximum atomic E-state index is 11.7. The number of piperazine rings is 1. The van der Waals surface area contributed by atoms with Crippen molar-refractivity contribution in [3.05, 3.63) is 29.8 Å². The van der Waals surface area contributed by atoms with E-state index < -0.39 is 9.84 Å². The zero-order valence-electron chi connectivity index (χ0n) is 15.0. The monoisotopic (exact) mass is 382 g/mol. The molecule has 2 heterocycles. The normalized spacial score (nSPS) is 23.8. The summed E-state index contributed by atoms with van der Waals surface area (Å²) < 4.78 is 23.3. The Morgan fingerprint density at radius 2 is 1.88 bits per heavy atom. The lowest BCUT2D eigenvalue weighted by atomic mass is 10.0. The molecule has 1 aromatic rings. The summed E-state index contributed by atoms with van der Waals surface area (Å²) in [5.41, 5.74) is 2.34. The standard InChI is InChI=1S/C18H27N3O2S2/c1-14(2)15-3-5-16(6-4-15)19-18(24)21-10-8-20(9-11-21)17-7-12-25(22,23)13-17/h3-6,14,17H,7-13H2,1-2H3,(H,19,24)/p+1/t17-/m1/s1. The summed E-state index contributed by atoms with van der Waals surface area (Å²) in [5.74, 6) is 1.24. The molecule has 2 N–H and O–H groups in total. The fraction of sp³-hybridized carbons (Fsp3) is 0.611. The van der Waals surface area contributed by atoms with Gasteiger partial charge in [0.15, 0.2) is 14.9 Å². The van der Waals surface area contributed by atoms with E-state index in [2.05, 4.69) is 48.3 Å². The molecule has 0 radical (unpaired) electrons. The van der Waals surface area contributed by atoms with E-state index in [0.717, 1.165) is 43.4 Å². The van der Waals surface area contributed by atoms with Gasteiger partial charge in [-0.3, -0.25) is 0 Å². The molecule has 138 valence electrons. The van der Waals surface area contributed by atoms with Crippen LogP contribution >= 0.6 is 12.2 Å². The van der Waals surface area contributed by atoms with Crippen molar-refractivity contribution in [3.63, 3.8) is 0 Å². The summed E-state index contributed by atoms with van der Waals surface area (Å²) in [5, 5.41) is 4.09. The fourth-order valence-corrected chi connectivity index (χ4v) is 5.80. The maximum Gasteiger partial charge on any atom is 0.173 e. The van der Waals surface area contributed by atoms with Crippen LogP contribution in [0.4, 0.5) is 5.69 Å². The van der Waals surface area contributed by atoms with Crippen LogP contribution in [0.2, 0.25) is 0 Å². The van der Waals surface area contributed by atoms with Gasteiger partial charge in [0.25, 0.3) is 0 Å². The third kappa shape index (κ3) is 4.71. The highest BCUT2D eigenvalue weighted by Crippen LogP contribution is 2.17. The van der Waals surface area contributed by atoms with Crippen LogP contribution < -0.4 is 10.2 Å². The van der Waals surface area contributed by atoms with Crippen molar-refractivity contribution in [1.82, 2.24) is 4.90 Å². The van der Waals surface area contributed by atoms with Crippen LogP contribution in [0.1, 0.15) is 31.7 Å². The van der Waals surface area contributed by atoms with Crippen LogP contribution in [0.25, 0.3) is 0 Å². The summed E-state index contributed by atoms with van der Waals surface area (Å²) in [6, 6.07) is 8.70. The Morgan fingerprint density at radius 1 is 1.24 bits per heavy atom. The predicted octanol–water partition coefficient (Wildman–Crippen LogP) is 0.894. The van der Waals surface area contributed by atoms with Gasteiger partial charge in [-0.15, -0.1) is 0 Å². The van der Waals surface area contributed by atoms with E-state index in [0.29, 0.717) is 17.4 Å². The molecule has 1 aromatic carbocycles. The van der Waals surface area contributed by atoms with Crippen LogP contribution in [0.15, 0.2) is 24.3 Å². The number of thiocarbonyl (C=S) groups is 1. The molecule has 2 aliphatic heterocycles. The molecule has 2 saturated heterocycles. The summed E-state index contributed by atoms with van der Waals surface area (Å²) in [6.45, 7) is 8.03. The average Bonchev–Trinajstić information content (AvgIpc) is 2.95. The number of benzene rings is 1. The van der Waals surface area contributed by atoms with Gasteiger partial charge in [-0.2, -0.15) is 0 Å². The summed E-state index contributed by atoms with van der Waals surface area (Å²) in [6.07, 6.45) is 0.808. The third-order valence-electron chi connectivity index (χ3n) is 5.33. The Hall–Kier alpha value is -1.18. The molecule has 0 spiro atoms. The highest BCUT2D eigenvalue weighted by molar-refractivity contribution is 7.91. The molecule has 0 amide bonds. The summed E-state index contributed by atoms with van der Waals surface area (Å²) in [7, 11) is -2.80. The van der Waals surface area contributed by atoms with Gasteiger partial charge in [-0.25, -0.2) is 8.42 Å². The highest BCUT2D eigenvalue weighted by Gasteiger charge is 2.37. The lowest BCUT2D eigenvalue weighted by Crippen LogP contribution is -3.18. The van der Waals surface area contributed by atoms with Crippen LogP contribution in [0.3, 0.4) is 0 Å². The van der Waals surface area contributed by atoms with Crippen molar-refractivity contribution in [2.45, 2.75) is 32.2 Å². The molecule has 25 heavy (non-hydrogen) atoms. The van der Waals surface area contributed by atoms with Crippen molar-refractivity contribution in [2.75, 3.05) is 43.0 Å². The quantitative estimate of drug-likeness (QED) is 0.761. The number of anilines is 1. The van der Waals surface area contributed by atoms with Crippen molar-refractivity contribution < 1.29 is 13.3 Å². The molecule has 2 fully saturated rings. The van der Waals surface area contributed by atoms with E-state index in [-0.39, 0.29) is 6.04 Å². The first-order valence-electron chi connectivity index (χ1n) is 9.05. The smallest absolute Gasteiger partial charge is 0.173 e. The van der Waals surface area contributed by atoms with Gasteiger partial charge in [-0.1, -0.05) is 26.0 Å². The molecule has 3 rings (SSSR count). The zero-order chi connectivity index (χ0) is 18.0. The topological polar surface area (TPSA) is 53.9 Å². The summed E-state index contributed by atoms with van der Waals surface area (Å²) >= 11 is 5.56. The number of hydrogen-bond acceptors (Lipinski definition) is 3. The van der Waals surface area contributed by atoms with Crippen LogP contribution in [0, 0.1) is 0 Å². The Morgan fingerprint density at radius 3 is 2.40 bits per heavy atom. The Kier molecular flexibility index (Phi) is 5.65.